The molecule has 0 saturated carbocycles. The molecule has 0 aliphatic rings. The van der Waals surface area contributed by atoms with Gasteiger partial charge in [-0.1, -0.05) is 17.8 Å². The number of amides is 2. The van der Waals surface area contributed by atoms with Crippen molar-refractivity contribution < 1.29 is 9.59 Å². The summed E-state index contributed by atoms with van der Waals surface area (Å²) < 4.78 is 1.88. The van der Waals surface area contributed by atoms with Gasteiger partial charge in [-0.25, -0.2) is 0 Å². The van der Waals surface area contributed by atoms with Crippen LogP contribution in [0.4, 0.5) is 5.69 Å². The summed E-state index contributed by atoms with van der Waals surface area (Å²) in [5, 5.41) is 11.7. The molecule has 1 aromatic carbocycles. The van der Waals surface area contributed by atoms with Crippen LogP contribution in [0.3, 0.4) is 0 Å². The fourth-order valence-corrected chi connectivity index (χ4v) is 3.35. The smallest absolute Gasteiger partial charge is 0.233 e. The Balaban J connectivity index is 2.22. The van der Waals surface area contributed by atoms with E-state index in [-0.39, 0.29) is 11.8 Å². The van der Waals surface area contributed by atoms with Gasteiger partial charge in [0.15, 0.2) is 5.16 Å². The van der Waals surface area contributed by atoms with E-state index in [4.69, 9.17) is 0 Å². The van der Waals surface area contributed by atoms with Gasteiger partial charge in [-0.2, -0.15) is 0 Å². The van der Waals surface area contributed by atoms with Gasteiger partial charge in [0, 0.05) is 25.7 Å². The first-order valence-corrected chi connectivity index (χ1v) is 9.15. The fourth-order valence-electron chi connectivity index (χ4n) is 2.45. The highest BCUT2D eigenvalue weighted by molar-refractivity contribution is 7.99. The Morgan fingerprint density at radius 3 is 2.60 bits per heavy atom. The van der Waals surface area contributed by atoms with Crippen molar-refractivity contribution in [1.82, 2.24) is 19.7 Å². The highest BCUT2D eigenvalue weighted by Gasteiger charge is 2.16. The number of aryl methyl sites for hydroxylation is 1. The number of nitrogens with one attached hydrogen (secondary N) is 1. The number of anilines is 1. The van der Waals surface area contributed by atoms with Crippen molar-refractivity contribution in [2.45, 2.75) is 32.9 Å². The molecule has 0 unspecified atom stereocenters. The Bertz CT molecular complexity index is 755. The molecule has 2 amide bonds. The highest BCUT2D eigenvalue weighted by Crippen LogP contribution is 2.24. The van der Waals surface area contributed by atoms with Gasteiger partial charge in [-0.15, -0.1) is 10.2 Å². The van der Waals surface area contributed by atoms with E-state index in [1.54, 1.807) is 4.90 Å². The fraction of sp³-hybridized carbons (Fsp3) is 0.412. The monoisotopic (exact) mass is 361 g/mol. The number of hydrogen-bond donors (Lipinski definition) is 1. The van der Waals surface area contributed by atoms with Crippen molar-refractivity contribution >= 4 is 29.3 Å². The predicted molar refractivity (Wildman–Crippen MR) is 99.1 cm³/mol. The van der Waals surface area contributed by atoms with Gasteiger partial charge in [0.25, 0.3) is 0 Å². The van der Waals surface area contributed by atoms with Gasteiger partial charge in [-0.3, -0.25) is 14.2 Å². The molecule has 0 aliphatic carbocycles. The van der Waals surface area contributed by atoms with Gasteiger partial charge < -0.3 is 10.2 Å². The van der Waals surface area contributed by atoms with E-state index in [0.29, 0.717) is 29.7 Å². The largest absolute Gasteiger partial charge is 0.343 e. The third-order valence-corrected chi connectivity index (χ3v) is 4.57. The van der Waals surface area contributed by atoms with Crippen molar-refractivity contribution in [1.29, 1.82) is 0 Å². The second-order valence-electron chi connectivity index (χ2n) is 5.45. The molecule has 1 heterocycles. The van der Waals surface area contributed by atoms with Crippen molar-refractivity contribution in [3.63, 3.8) is 0 Å². The van der Waals surface area contributed by atoms with Crippen LogP contribution in [-0.2, 0) is 9.59 Å². The molecular formula is C17H23N5O2S. The predicted octanol–water partition coefficient (Wildman–Crippen LogP) is 2.49. The molecule has 0 radical (unpaired) electrons. The first-order valence-electron chi connectivity index (χ1n) is 8.16. The van der Waals surface area contributed by atoms with E-state index >= 15 is 0 Å². The molecule has 0 atom stereocenters. The molecular weight excluding hydrogens is 338 g/mol. The Morgan fingerprint density at radius 2 is 1.96 bits per heavy atom. The van der Waals surface area contributed by atoms with Crippen molar-refractivity contribution in [3.8, 4) is 5.69 Å². The number of carbonyl (C=O) groups is 2. The summed E-state index contributed by atoms with van der Waals surface area (Å²) in [5.41, 5.74) is 1.54. The normalized spacial score (nSPS) is 10.6. The molecule has 25 heavy (non-hydrogen) atoms. The summed E-state index contributed by atoms with van der Waals surface area (Å²) in [7, 11) is 0. The van der Waals surface area contributed by atoms with Crippen molar-refractivity contribution in [2.24, 2.45) is 0 Å². The lowest BCUT2D eigenvalue weighted by atomic mass is 10.2. The van der Waals surface area contributed by atoms with E-state index in [0.717, 1.165) is 11.5 Å². The van der Waals surface area contributed by atoms with Crippen LogP contribution in [0, 0.1) is 6.92 Å². The minimum absolute atomic E-state index is 0.0780. The highest BCUT2D eigenvalue weighted by atomic mass is 32.2. The molecule has 0 fully saturated rings. The minimum atomic E-state index is -0.128. The quantitative estimate of drug-likeness (QED) is 0.767. The van der Waals surface area contributed by atoms with Crippen molar-refractivity contribution in [3.05, 3.63) is 30.1 Å². The maximum absolute atomic E-state index is 12.2. The summed E-state index contributed by atoms with van der Waals surface area (Å²) in [4.78, 5) is 25.3. The molecule has 1 aromatic heterocycles. The standard InChI is InChI=1S/C17H23N5O2S/c1-5-21(6-2)16(24)11-25-17-20-19-12(3)22(17)15-9-7-8-14(10-15)18-13(4)23/h7-10H,5-6,11H2,1-4H3,(H,18,23). The van der Waals surface area contributed by atoms with Crippen LogP contribution in [0.15, 0.2) is 29.4 Å². The Kier molecular flexibility index (Phi) is 6.58. The molecule has 0 spiro atoms. The maximum Gasteiger partial charge on any atom is 0.233 e. The summed E-state index contributed by atoms with van der Waals surface area (Å²) >= 11 is 1.36. The molecule has 8 heteroatoms. The molecule has 0 aliphatic heterocycles. The molecule has 134 valence electrons. The van der Waals surface area contributed by atoms with E-state index < -0.39 is 0 Å². The zero-order chi connectivity index (χ0) is 18.4. The summed E-state index contributed by atoms with van der Waals surface area (Å²) in [6.45, 7) is 8.64. The van der Waals surface area contributed by atoms with E-state index in [2.05, 4.69) is 15.5 Å². The summed E-state index contributed by atoms with van der Waals surface area (Å²) in [6.07, 6.45) is 0. The molecule has 7 nitrogen and oxygen atoms in total. The third-order valence-electron chi connectivity index (χ3n) is 3.66. The van der Waals surface area contributed by atoms with Gasteiger partial charge in [0.1, 0.15) is 5.82 Å². The third kappa shape index (κ3) is 4.82. The van der Waals surface area contributed by atoms with E-state index in [1.165, 1.54) is 18.7 Å². The number of hydrogen-bond acceptors (Lipinski definition) is 5. The minimum Gasteiger partial charge on any atom is -0.343 e. The first kappa shape index (κ1) is 19.0. The van der Waals surface area contributed by atoms with Gasteiger partial charge in [0.05, 0.1) is 11.4 Å². The Hall–Kier alpha value is -2.35. The maximum atomic E-state index is 12.2. The number of benzene rings is 1. The van der Waals surface area contributed by atoms with Crippen LogP contribution in [0.25, 0.3) is 5.69 Å². The lowest BCUT2D eigenvalue weighted by Crippen LogP contribution is -2.31. The number of thioether (sulfide) groups is 1. The summed E-state index contributed by atoms with van der Waals surface area (Å²) in [6, 6.07) is 7.45. The van der Waals surface area contributed by atoms with E-state index in [1.807, 2.05) is 49.6 Å². The second-order valence-corrected chi connectivity index (χ2v) is 6.39. The lowest BCUT2D eigenvalue weighted by Gasteiger charge is -2.18. The number of rotatable bonds is 7. The van der Waals surface area contributed by atoms with Gasteiger partial charge >= 0.3 is 0 Å². The lowest BCUT2D eigenvalue weighted by molar-refractivity contribution is -0.128. The van der Waals surface area contributed by atoms with Crippen LogP contribution in [-0.4, -0.2) is 50.3 Å². The van der Waals surface area contributed by atoms with Crippen LogP contribution < -0.4 is 5.32 Å². The molecule has 0 saturated heterocycles. The van der Waals surface area contributed by atoms with Crippen LogP contribution in [0.1, 0.15) is 26.6 Å². The summed E-state index contributed by atoms with van der Waals surface area (Å²) in [5.74, 6) is 0.981. The van der Waals surface area contributed by atoms with Gasteiger partial charge in [-0.05, 0) is 39.0 Å². The second kappa shape index (κ2) is 8.66. The molecule has 2 aromatic rings. The average Bonchev–Trinajstić information content (AvgIpc) is 2.94. The first-order chi connectivity index (χ1) is 12.0. The zero-order valence-electron chi connectivity index (χ0n) is 14.9. The number of carbonyl (C=O) groups excluding carboxylic acids is 2. The average molecular weight is 361 g/mol. The number of aromatic nitrogens is 3. The SMILES string of the molecule is CCN(CC)C(=O)CSc1nnc(C)n1-c1cccc(NC(C)=O)c1. The molecule has 0 bridgehead atoms. The molecule has 2 rings (SSSR count). The number of nitrogens with zero attached hydrogens (tertiary/aromatic N) is 4. The van der Waals surface area contributed by atoms with E-state index in [9.17, 15) is 9.59 Å². The zero-order valence-corrected chi connectivity index (χ0v) is 15.8. The van der Waals surface area contributed by atoms with Crippen LogP contribution >= 0.6 is 11.8 Å². The van der Waals surface area contributed by atoms with Crippen molar-refractivity contribution in [2.75, 3.05) is 24.2 Å². The van der Waals surface area contributed by atoms with Gasteiger partial charge in [0.2, 0.25) is 11.8 Å². The molecule has 1 N–H and O–H groups in total. The Morgan fingerprint density at radius 1 is 1.24 bits per heavy atom. The van der Waals surface area contributed by atoms with Crippen LogP contribution in [0.2, 0.25) is 0 Å². The topological polar surface area (TPSA) is 80.1 Å². The Labute approximate surface area is 151 Å². The van der Waals surface area contributed by atoms with Crippen LogP contribution in [0.5, 0.6) is 0 Å².